The maximum Gasteiger partial charge on any atom is 0.158 e. The van der Waals surface area contributed by atoms with Crippen LogP contribution in [0.1, 0.15) is 0 Å². The average molecular weight is 100 g/mol. The highest BCUT2D eigenvalue weighted by Gasteiger charge is 2.09. The molecule has 0 saturated carbocycles. The molecule has 0 aliphatic carbocycles. The lowest BCUT2D eigenvalue weighted by molar-refractivity contribution is -0.110. The fourth-order valence-corrected chi connectivity index (χ4v) is 0.0481. The highest BCUT2D eigenvalue weighted by atomic mass is 16.1. The van der Waals surface area contributed by atoms with E-state index in [1.165, 1.54) is 6.08 Å². The molecule has 0 unspecified atom stereocenters. The van der Waals surface area contributed by atoms with Gasteiger partial charge in [-0.15, -0.1) is 0 Å². The summed E-state index contributed by atoms with van der Waals surface area (Å²) in [5, 5.41) is 0. The van der Waals surface area contributed by atoms with Crippen LogP contribution >= 0.6 is 0 Å². The molecule has 0 fully saturated rings. The summed E-state index contributed by atoms with van der Waals surface area (Å²) in [7, 11) is 0. The van der Waals surface area contributed by atoms with Crippen LogP contribution in [0.5, 0.6) is 0 Å². The summed E-state index contributed by atoms with van der Waals surface area (Å²) >= 11 is 0. The number of aldehydes is 1. The molecule has 0 atom stereocenters. The second-order valence-corrected chi connectivity index (χ2v) is 1.32. The Hall–Kier alpha value is -0.670. The number of hydrogen-bond donors (Lipinski definition) is 2. The minimum atomic E-state index is -1.33. The zero-order valence-corrected chi connectivity index (χ0v) is 3.92. The van der Waals surface area contributed by atoms with Crippen LogP contribution in [0.4, 0.5) is 0 Å². The molecule has 7 heavy (non-hydrogen) atoms. The molecule has 0 bridgehead atoms. The Kier molecular flexibility index (Phi) is 1.68. The van der Waals surface area contributed by atoms with Crippen molar-refractivity contribution in [2.24, 2.45) is 11.5 Å². The van der Waals surface area contributed by atoms with Crippen molar-refractivity contribution in [3.63, 3.8) is 0 Å². The van der Waals surface area contributed by atoms with Crippen molar-refractivity contribution < 1.29 is 4.79 Å². The van der Waals surface area contributed by atoms with Crippen molar-refractivity contribution in [3.05, 3.63) is 12.7 Å². The molecule has 0 saturated heterocycles. The van der Waals surface area contributed by atoms with E-state index in [2.05, 4.69) is 6.58 Å². The van der Waals surface area contributed by atoms with E-state index in [9.17, 15) is 4.79 Å². The van der Waals surface area contributed by atoms with Crippen LogP contribution in [0, 0.1) is 0 Å². The fraction of sp³-hybridized carbons (Fsp3) is 0.250. The molecule has 0 amide bonds. The van der Waals surface area contributed by atoms with Crippen LogP contribution in [-0.4, -0.2) is 11.9 Å². The summed E-state index contributed by atoms with van der Waals surface area (Å²) in [4.78, 5) is 9.74. The second kappa shape index (κ2) is 1.86. The Morgan fingerprint density at radius 2 is 2.00 bits per heavy atom. The summed E-state index contributed by atoms with van der Waals surface area (Å²) in [6, 6.07) is 0. The Morgan fingerprint density at radius 1 is 1.57 bits per heavy atom. The lowest BCUT2D eigenvalue weighted by atomic mass is 10.2. The SMILES string of the molecule is C=CC(N)(N)C=O. The minimum absolute atomic E-state index is 0.431. The van der Waals surface area contributed by atoms with E-state index in [0.717, 1.165) is 0 Å². The minimum Gasteiger partial charge on any atom is -0.304 e. The molecule has 40 valence electrons. The molecule has 3 heteroatoms. The molecule has 0 spiro atoms. The highest BCUT2D eigenvalue weighted by molar-refractivity contribution is 5.65. The van der Waals surface area contributed by atoms with Crippen LogP contribution < -0.4 is 11.5 Å². The van der Waals surface area contributed by atoms with Crippen LogP contribution in [0.2, 0.25) is 0 Å². The number of hydrogen-bond acceptors (Lipinski definition) is 3. The van der Waals surface area contributed by atoms with Gasteiger partial charge in [0.1, 0.15) is 5.66 Å². The molecule has 3 nitrogen and oxygen atoms in total. The van der Waals surface area contributed by atoms with Gasteiger partial charge in [0.05, 0.1) is 0 Å². The molecule has 0 aromatic rings. The van der Waals surface area contributed by atoms with Crippen LogP contribution in [0.3, 0.4) is 0 Å². The lowest BCUT2D eigenvalue weighted by Gasteiger charge is -2.07. The van der Waals surface area contributed by atoms with Gasteiger partial charge < -0.3 is 11.5 Å². The molecule has 4 N–H and O–H groups in total. The van der Waals surface area contributed by atoms with Gasteiger partial charge in [-0.25, -0.2) is 0 Å². The molecule has 0 heterocycles. The van der Waals surface area contributed by atoms with Gasteiger partial charge >= 0.3 is 0 Å². The molecule has 0 rings (SSSR count). The van der Waals surface area contributed by atoms with Gasteiger partial charge in [0.15, 0.2) is 6.29 Å². The van der Waals surface area contributed by atoms with Crippen LogP contribution in [-0.2, 0) is 4.79 Å². The van der Waals surface area contributed by atoms with Gasteiger partial charge in [-0.1, -0.05) is 12.7 Å². The molecule has 0 aliphatic rings. The third kappa shape index (κ3) is 2.08. The topological polar surface area (TPSA) is 69.1 Å². The van der Waals surface area contributed by atoms with Gasteiger partial charge in [-0.2, -0.15) is 0 Å². The van der Waals surface area contributed by atoms with Crippen molar-refractivity contribution in [2.45, 2.75) is 5.66 Å². The Morgan fingerprint density at radius 3 is 2.00 bits per heavy atom. The van der Waals surface area contributed by atoms with Gasteiger partial charge in [0, 0.05) is 0 Å². The van der Waals surface area contributed by atoms with Gasteiger partial charge in [0.25, 0.3) is 0 Å². The summed E-state index contributed by atoms with van der Waals surface area (Å²) in [6.07, 6.45) is 1.61. The van der Waals surface area contributed by atoms with Crippen molar-refractivity contribution in [1.29, 1.82) is 0 Å². The van der Waals surface area contributed by atoms with E-state index in [4.69, 9.17) is 11.5 Å². The number of nitrogens with two attached hydrogens (primary N) is 2. The largest absolute Gasteiger partial charge is 0.304 e. The van der Waals surface area contributed by atoms with E-state index in [-0.39, 0.29) is 0 Å². The van der Waals surface area contributed by atoms with Crippen LogP contribution in [0.15, 0.2) is 12.7 Å². The zero-order valence-electron chi connectivity index (χ0n) is 3.92. The first-order valence-corrected chi connectivity index (χ1v) is 1.80. The smallest absolute Gasteiger partial charge is 0.158 e. The molecular weight excluding hydrogens is 92.1 g/mol. The normalized spacial score (nSPS) is 10.6. The average Bonchev–Trinajstić information content (AvgIpc) is 1.68. The van der Waals surface area contributed by atoms with E-state index in [1.807, 2.05) is 0 Å². The molecular formula is C4H8N2O. The number of rotatable bonds is 2. The molecule has 0 aromatic heterocycles. The second-order valence-electron chi connectivity index (χ2n) is 1.32. The van der Waals surface area contributed by atoms with Crippen molar-refractivity contribution in [3.8, 4) is 0 Å². The zero-order chi connectivity index (χ0) is 5.91. The van der Waals surface area contributed by atoms with Crippen molar-refractivity contribution in [2.75, 3.05) is 0 Å². The number of carbonyl (C=O) groups is 1. The van der Waals surface area contributed by atoms with Crippen molar-refractivity contribution >= 4 is 6.29 Å². The summed E-state index contributed by atoms with van der Waals surface area (Å²) in [6.45, 7) is 3.22. The monoisotopic (exact) mass is 100 g/mol. The Balaban J connectivity index is 3.82. The van der Waals surface area contributed by atoms with E-state index < -0.39 is 5.66 Å². The molecule has 0 aromatic carbocycles. The first-order valence-electron chi connectivity index (χ1n) is 1.80. The predicted octanol–water partition coefficient (Wildman–Crippen LogP) is -1.02. The van der Waals surface area contributed by atoms with Gasteiger partial charge in [-0.05, 0) is 0 Å². The lowest BCUT2D eigenvalue weighted by Crippen LogP contribution is -2.48. The fourth-order valence-electron chi connectivity index (χ4n) is 0.0481. The van der Waals surface area contributed by atoms with E-state index in [0.29, 0.717) is 6.29 Å². The third-order valence-electron chi connectivity index (χ3n) is 0.558. The van der Waals surface area contributed by atoms with E-state index >= 15 is 0 Å². The maximum absolute atomic E-state index is 9.74. The molecule has 0 radical (unpaired) electrons. The summed E-state index contributed by atoms with van der Waals surface area (Å²) < 4.78 is 0. The van der Waals surface area contributed by atoms with E-state index in [1.54, 1.807) is 0 Å². The summed E-state index contributed by atoms with van der Waals surface area (Å²) in [5.41, 5.74) is 8.68. The standard InChI is InChI=1S/C4H8N2O/c1-2-4(5,6)3-7/h2-3H,1,5-6H2. The molecule has 0 aliphatic heterocycles. The summed E-state index contributed by atoms with van der Waals surface area (Å²) in [5.74, 6) is 0. The van der Waals surface area contributed by atoms with Gasteiger partial charge in [-0.3, -0.25) is 4.79 Å². The van der Waals surface area contributed by atoms with Crippen molar-refractivity contribution in [1.82, 2.24) is 0 Å². The Labute approximate surface area is 42.0 Å². The highest BCUT2D eigenvalue weighted by Crippen LogP contribution is 1.80. The van der Waals surface area contributed by atoms with Gasteiger partial charge in [0.2, 0.25) is 0 Å². The Bertz CT molecular complexity index is 77.7. The number of carbonyl (C=O) groups excluding carboxylic acids is 1. The maximum atomic E-state index is 9.74. The quantitative estimate of drug-likeness (QED) is 0.265. The predicted molar refractivity (Wildman–Crippen MR) is 27.4 cm³/mol. The third-order valence-corrected chi connectivity index (χ3v) is 0.558. The van der Waals surface area contributed by atoms with Crippen LogP contribution in [0.25, 0.3) is 0 Å². The first-order chi connectivity index (χ1) is 3.12. The first kappa shape index (κ1) is 6.33.